The molecule has 4 heterocycles. The van der Waals surface area contributed by atoms with E-state index in [0.29, 0.717) is 13.0 Å². The van der Waals surface area contributed by atoms with Gasteiger partial charge in [-0.3, -0.25) is 14.5 Å². The summed E-state index contributed by atoms with van der Waals surface area (Å²) in [4.78, 5) is 32.0. The second-order valence-corrected chi connectivity index (χ2v) is 8.38. The average Bonchev–Trinajstić information content (AvgIpc) is 3.43. The Balaban J connectivity index is 1.36. The number of rotatable bonds is 3. The topological polar surface area (TPSA) is 97.9 Å². The summed E-state index contributed by atoms with van der Waals surface area (Å²) in [5.74, 6) is 1.25. The Hall–Kier alpha value is -3.49. The van der Waals surface area contributed by atoms with E-state index in [1.165, 1.54) is 0 Å². The van der Waals surface area contributed by atoms with Gasteiger partial charge in [0.2, 0.25) is 5.82 Å². The molecule has 3 atom stereocenters. The summed E-state index contributed by atoms with van der Waals surface area (Å²) in [6.45, 7) is 4.54. The Labute approximate surface area is 180 Å². The predicted molar refractivity (Wildman–Crippen MR) is 114 cm³/mol. The van der Waals surface area contributed by atoms with E-state index in [-0.39, 0.29) is 23.7 Å². The van der Waals surface area contributed by atoms with Crippen LogP contribution in [0.5, 0.6) is 0 Å². The Bertz CT molecular complexity index is 1150. The normalized spacial score (nSPS) is 22.7. The molecular formula is C22H25N7O2. The Morgan fingerprint density at radius 1 is 1.19 bits per heavy atom. The number of hydrogen-bond donors (Lipinski definition) is 1. The van der Waals surface area contributed by atoms with Crippen LogP contribution in [0.25, 0.3) is 0 Å². The van der Waals surface area contributed by atoms with Crippen LogP contribution in [0.4, 0.5) is 5.82 Å². The first-order valence-corrected chi connectivity index (χ1v) is 10.6. The minimum absolute atomic E-state index is 0.0612. The van der Waals surface area contributed by atoms with Crippen molar-refractivity contribution < 1.29 is 9.59 Å². The van der Waals surface area contributed by atoms with E-state index < -0.39 is 11.9 Å². The van der Waals surface area contributed by atoms with Crippen LogP contribution in [0.15, 0.2) is 36.4 Å². The van der Waals surface area contributed by atoms with Crippen molar-refractivity contribution in [2.45, 2.75) is 51.2 Å². The van der Waals surface area contributed by atoms with Gasteiger partial charge in [-0.25, -0.2) is 14.3 Å². The van der Waals surface area contributed by atoms with E-state index in [9.17, 15) is 9.59 Å². The van der Waals surface area contributed by atoms with Gasteiger partial charge >= 0.3 is 0 Å². The maximum atomic E-state index is 13.0. The van der Waals surface area contributed by atoms with Crippen LogP contribution in [0.1, 0.15) is 59.4 Å². The molecule has 9 heteroatoms. The van der Waals surface area contributed by atoms with Gasteiger partial charge in [0.25, 0.3) is 11.8 Å². The molecule has 3 aromatic rings. The molecule has 160 valence electrons. The van der Waals surface area contributed by atoms with Crippen LogP contribution in [0.2, 0.25) is 0 Å². The monoisotopic (exact) mass is 419 g/mol. The lowest BCUT2D eigenvalue weighted by molar-refractivity contribution is -0.120. The number of aromatic nitrogens is 5. The van der Waals surface area contributed by atoms with Crippen LogP contribution in [0.3, 0.4) is 0 Å². The highest BCUT2D eigenvalue weighted by Crippen LogP contribution is 2.38. The standard InChI is InChI=1S/C22H25N7O2/c1-13-11-17(15-7-5-4-6-8-15)29-20(13)24-19(26-29)21(30)23-16-9-10-28-18(12-14(2)25-28)27(3)22(16)31/h4-8,12-13,16-17H,9-11H2,1-3H3,(H,23,30)/t13-,16-,17+/m0/s1. The van der Waals surface area contributed by atoms with Crippen LogP contribution in [-0.2, 0) is 11.3 Å². The van der Waals surface area contributed by atoms with E-state index in [0.717, 1.165) is 29.3 Å². The number of carbonyl (C=O) groups is 2. The van der Waals surface area contributed by atoms with Crippen molar-refractivity contribution in [2.75, 3.05) is 11.9 Å². The molecule has 5 rings (SSSR count). The van der Waals surface area contributed by atoms with Gasteiger partial charge in [0, 0.05) is 25.6 Å². The molecule has 0 unspecified atom stereocenters. The van der Waals surface area contributed by atoms with Crippen molar-refractivity contribution in [3.05, 3.63) is 59.3 Å². The average molecular weight is 419 g/mol. The lowest BCUT2D eigenvalue weighted by Crippen LogP contribution is -2.47. The predicted octanol–water partition coefficient (Wildman–Crippen LogP) is 2.04. The first-order chi connectivity index (χ1) is 14.9. The van der Waals surface area contributed by atoms with E-state index in [1.807, 2.05) is 35.9 Å². The van der Waals surface area contributed by atoms with Gasteiger partial charge in [-0.2, -0.15) is 5.10 Å². The van der Waals surface area contributed by atoms with Gasteiger partial charge in [0.1, 0.15) is 17.7 Å². The molecule has 0 spiro atoms. The van der Waals surface area contributed by atoms with Crippen LogP contribution in [-0.4, -0.2) is 49.4 Å². The van der Waals surface area contributed by atoms with Gasteiger partial charge in [-0.15, -0.1) is 5.10 Å². The highest BCUT2D eigenvalue weighted by atomic mass is 16.2. The first kappa shape index (κ1) is 19.5. The minimum atomic E-state index is -0.653. The van der Waals surface area contributed by atoms with E-state index in [4.69, 9.17) is 0 Å². The number of fused-ring (bicyclic) bond motifs is 2. The summed E-state index contributed by atoms with van der Waals surface area (Å²) in [7, 11) is 1.70. The fraction of sp³-hybridized carbons (Fsp3) is 0.409. The third kappa shape index (κ3) is 3.30. The number of nitrogens with zero attached hydrogens (tertiary/aromatic N) is 6. The molecule has 2 amide bonds. The largest absolute Gasteiger partial charge is 0.337 e. The van der Waals surface area contributed by atoms with Gasteiger partial charge in [-0.05, 0) is 25.3 Å². The number of carbonyl (C=O) groups excluding carboxylic acids is 2. The number of nitrogens with one attached hydrogen (secondary N) is 1. The Morgan fingerprint density at radius 2 is 1.97 bits per heavy atom. The number of likely N-dealkylation sites (N-methyl/N-ethyl adjacent to an activating group) is 1. The highest BCUT2D eigenvalue weighted by molar-refractivity contribution is 6.00. The molecule has 0 radical (unpaired) electrons. The summed E-state index contributed by atoms with van der Waals surface area (Å²) < 4.78 is 3.66. The molecule has 0 fully saturated rings. The van der Waals surface area contributed by atoms with E-state index in [2.05, 4.69) is 39.6 Å². The molecule has 0 saturated carbocycles. The van der Waals surface area contributed by atoms with Crippen LogP contribution < -0.4 is 10.2 Å². The number of amides is 2. The molecule has 1 aromatic carbocycles. The van der Waals surface area contributed by atoms with Gasteiger partial charge in [0.05, 0.1) is 11.7 Å². The zero-order chi connectivity index (χ0) is 21.7. The molecule has 0 aliphatic carbocycles. The minimum Gasteiger partial charge on any atom is -0.337 e. The maximum Gasteiger partial charge on any atom is 0.291 e. The molecule has 1 N–H and O–H groups in total. The highest BCUT2D eigenvalue weighted by Gasteiger charge is 2.35. The molecule has 2 aliphatic rings. The number of anilines is 1. The quantitative estimate of drug-likeness (QED) is 0.701. The lowest BCUT2D eigenvalue weighted by Gasteiger charge is -2.20. The fourth-order valence-corrected chi connectivity index (χ4v) is 4.53. The summed E-state index contributed by atoms with van der Waals surface area (Å²) in [6.07, 6.45) is 1.36. The van der Waals surface area contributed by atoms with Crippen LogP contribution in [0, 0.1) is 6.92 Å². The van der Waals surface area contributed by atoms with Crippen molar-refractivity contribution in [1.82, 2.24) is 29.9 Å². The van der Waals surface area contributed by atoms with Crippen molar-refractivity contribution in [1.29, 1.82) is 0 Å². The van der Waals surface area contributed by atoms with E-state index in [1.54, 1.807) is 16.6 Å². The summed E-state index contributed by atoms with van der Waals surface area (Å²) in [6, 6.07) is 11.4. The Morgan fingerprint density at radius 3 is 2.74 bits per heavy atom. The molecular weight excluding hydrogens is 394 g/mol. The van der Waals surface area contributed by atoms with E-state index >= 15 is 0 Å². The third-order valence-corrected chi connectivity index (χ3v) is 6.15. The molecule has 2 aromatic heterocycles. The molecule has 0 bridgehead atoms. The van der Waals surface area contributed by atoms with Crippen molar-refractivity contribution >= 4 is 17.6 Å². The fourth-order valence-electron chi connectivity index (χ4n) is 4.53. The summed E-state index contributed by atoms with van der Waals surface area (Å²) >= 11 is 0. The SMILES string of the molecule is Cc1cc2n(n1)CC[C@H](NC(=O)c1nc3n(n1)[C@@H](c1ccccc1)C[C@@H]3C)C(=O)N2C. The molecule has 2 aliphatic heterocycles. The van der Waals surface area contributed by atoms with Crippen molar-refractivity contribution in [2.24, 2.45) is 0 Å². The second-order valence-electron chi connectivity index (χ2n) is 8.38. The van der Waals surface area contributed by atoms with Gasteiger partial charge in [-0.1, -0.05) is 37.3 Å². The van der Waals surface area contributed by atoms with Crippen LogP contribution >= 0.6 is 0 Å². The summed E-state index contributed by atoms with van der Waals surface area (Å²) in [5, 5.41) is 11.8. The maximum absolute atomic E-state index is 13.0. The number of hydrogen-bond acceptors (Lipinski definition) is 5. The lowest BCUT2D eigenvalue weighted by atomic mass is 10.0. The first-order valence-electron chi connectivity index (χ1n) is 10.6. The molecule has 31 heavy (non-hydrogen) atoms. The van der Waals surface area contributed by atoms with Crippen molar-refractivity contribution in [3.8, 4) is 0 Å². The second kappa shape index (κ2) is 7.33. The Kier molecular flexibility index (Phi) is 4.60. The van der Waals surface area contributed by atoms with Crippen molar-refractivity contribution in [3.63, 3.8) is 0 Å². The van der Waals surface area contributed by atoms with Gasteiger partial charge < -0.3 is 5.32 Å². The number of benzene rings is 1. The zero-order valence-corrected chi connectivity index (χ0v) is 17.8. The number of aryl methyl sites for hydroxylation is 2. The third-order valence-electron chi connectivity index (χ3n) is 6.15. The molecule has 0 saturated heterocycles. The zero-order valence-electron chi connectivity index (χ0n) is 17.8. The molecule has 9 nitrogen and oxygen atoms in total. The summed E-state index contributed by atoms with van der Waals surface area (Å²) in [5.41, 5.74) is 2.01. The van der Waals surface area contributed by atoms with Gasteiger partial charge in [0.15, 0.2) is 0 Å². The smallest absolute Gasteiger partial charge is 0.291 e.